The fraction of sp³-hybridized carbons (Fsp3) is 0.484. The summed E-state index contributed by atoms with van der Waals surface area (Å²) in [6.07, 6.45) is 6.64. The molecule has 2 N–H and O–H groups in total. The lowest BCUT2D eigenvalue weighted by Gasteiger charge is -2.38. The number of aliphatic carboxylic acids is 1. The van der Waals surface area contributed by atoms with Gasteiger partial charge in [0.05, 0.1) is 4.90 Å². The third kappa shape index (κ3) is 6.10. The third-order valence-electron chi connectivity index (χ3n) is 8.69. The molecule has 5 rings (SSSR count). The number of carbonyl (C=O) groups excluding carboxylic acids is 1. The first-order valence-corrected chi connectivity index (χ1v) is 15.8. The van der Waals surface area contributed by atoms with Gasteiger partial charge in [-0.05, 0) is 87.6 Å². The van der Waals surface area contributed by atoms with Crippen LogP contribution in [0.2, 0.25) is 0 Å². The van der Waals surface area contributed by atoms with Crippen molar-refractivity contribution in [3.8, 4) is 11.3 Å². The third-order valence-corrected chi connectivity index (χ3v) is 10.2. The molecule has 0 spiro atoms. The monoisotopic (exact) mass is 565 g/mol. The van der Waals surface area contributed by atoms with Gasteiger partial charge in [0.15, 0.2) is 0 Å². The van der Waals surface area contributed by atoms with Crippen LogP contribution in [0.5, 0.6) is 0 Å². The van der Waals surface area contributed by atoms with Gasteiger partial charge in [-0.25, -0.2) is 13.1 Å². The second-order valence-corrected chi connectivity index (χ2v) is 13.2. The number of benzene rings is 2. The lowest BCUT2D eigenvalue weighted by atomic mass is 9.85. The second-order valence-electron chi connectivity index (χ2n) is 11.4. The molecule has 8 nitrogen and oxygen atoms in total. The molecule has 2 heterocycles. The lowest BCUT2D eigenvalue weighted by Crippen LogP contribution is -2.47. The lowest BCUT2D eigenvalue weighted by molar-refractivity contribution is -0.140. The molecule has 1 amide bonds. The van der Waals surface area contributed by atoms with Crippen molar-refractivity contribution < 1.29 is 23.1 Å². The SMILES string of the molecule is CC1CCCCN1C(=O)C1CCC(NS(=O)(=O)c2ccc3cc(-c4ccc(CCC(=O)O)cc4)n(C)c3c2)CC1. The molecule has 1 saturated carbocycles. The average Bonchev–Trinajstić information content (AvgIpc) is 3.28. The van der Waals surface area contributed by atoms with Gasteiger partial charge in [0.1, 0.15) is 0 Å². The number of carboxylic acid groups (broad SMARTS) is 1. The molecule has 1 aliphatic heterocycles. The van der Waals surface area contributed by atoms with Crippen LogP contribution in [-0.4, -0.2) is 53.5 Å². The average molecular weight is 566 g/mol. The van der Waals surface area contributed by atoms with Crippen molar-refractivity contribution in [1.82, 2.24) is 14.2 Å². The van der Waals surface area contributed by atoms with Crippen LogP contribution in [-0.2, 0) is 33.1 Å². The number of aryl methyl sites for hydroxylation is 2. The predicted octanol–water partition coefficient (Wildman–Crippen LogP) is 5.10. The molecular weight excluding hydrogens is 526 g/mol. The van der Waals surface area contributed by atoms with Crippen LogP contribution in [0, 0.1) is 5.92 Å². The predicted molar refractivity (Wildman–Crippen MR) is 155 cm³/mol. The molecule has 214 valence electrons. The number of fused-ring (bicyclic) bond motifs is 1. The first-order chi connectivity index (χ1) is 19.1. The van der Waals surface area contributed by atoms with Gasteiger partial charge < -0.3 is 14.6 Å². The van der Waals surface area contributed by atoms with Gasteiger partial charge in [0.2, 0.25) is 15.9 Å². The highest BCUT2D eigenvalue weighted by molar-refractivity contribution is 7.89. The van der Waals surface area contributed by atoms with Crippen molar-refractivity contribution in [2.75, 3.05) is 6.54 Å². The summed E-state index contributed by atoms with van der Waals surface area (Å²) in [5.41, 5.74) is 3.71. The number of aromatic nitrogens is 1. The quantitative estimate of drug-likeness (QED) is 0.395. The Morgan fingerprint density at radius 1 is 0.975 bits per heavy atom. The van der Waals surface area contributed by atoms with Gasteiger partial charge in [-0.3, -0.25) is 9.59 Å². The first kappa shape index (κ1) is 28.4. The summed E-state index contributed by atoms with van der Waals surface area (Å²) in [6.45, 7) is 2.97. The summed E-state index contributed by atoms with van der Waals surface area (Å²) in [4.78, 5) is 26.2. The number of carboxylic acids is 1. The number of hydrogen-bond donors (Lipinski definition) is 2. The van der Waals surface area contributed by atoms with Crippen molar-refractivity contribution in [1.29, 1.82) is 0 Å². The van der Waals surface area contributed by atoms with Crippen LogP contribution < -0.4 is 4.72 Å². The van der Waals surface area contributed by atoms with E-state index in [1.165, 1.54) is 6.42 Å². The van der Waals surface area contributed by atoms with E-state index in [1.807, 2.05) is 52.9 Å². The number of sulfonamides is 1. The van der Waals surface area contributed by atoms with E-state index in [9.17, 15) is 18.0 Å². The smallest absolute Gasteiger partial charge is 0.303 e. The van der Waals surface area contributed by atoms with Crippen LogP contribution in [0.25, 0.3) is 22.2 Å². The minimum atomic E-state index is -3.72. The molecule has 1 aromatic heterocycles. The van der Waals surface area contributed by atoms with E-state index < -0.39 is 16.0 Å². The Bertz CT molecular complexity index is 1490. The van der Waals surface area contributed by atoms with Gasteiger partial charge in [0.25, 0.3) is 0 Å². The Hall–Kier alpha value is -3.17. The number of piperidine rings is 1. The van der Waals surface area contributed by atoms with E-state index in [2.05, 4.69) is 11.6 Å². The standard InChI is InChI=1S/C31H39N3O5S/c1-21-5-3-4-18-34(21)31(37)24-11-14-26(15-12-24)32-40(38,39)27-16-13-25-19-28(33(2)29(25)20-27)23-9-6-22(7-10-23)8-17-30(35)36/h6-7,9-10,13,16,19-21,24,26,32H,3-5,8,11-12,14-15,17-18H2,1-2H3,(H,35,36). The Balaban J connectivity index is 1.25. The molecule has 2 aliphatic rings. The molecule has 2 fully saturated rings. The van der Waals surface area contributed by atoms with Crippen LogP contribution in [0.4, 0.5) is 0 Å². The summed E-state index contributed by atoms with van der Waals surface area (Å²) >= 11 is 0. The molecule has 9 heteroatoms. The zero-order valence-corrected chi connectivity index (χ0v) is 24.1. The molecule has 2 aromatic carbocycles. The fourth-order valence-corrected chi connectivity index (χ4v) is 7.58. The van der Waals surface area contributed by atoms with Gasteiger partial charge in [0, 0.05) is 54.6 Å². The van der Waals surface area contributed by atoms with Crippen molar-refractivity contribution >= 4 is 32.8 Å². The number of likely N-dealkylation sites (tertiary alicyclic amines) is 1. The summed E-state index contributed by atoms with van der Waals surface area (Å²) in [6, 6.07) is 15.2. The normalized spacial score (nSPS) is 21.9. The van der Waals surface area contributed by atoms with Crippen molar-refractivity contribution in [3.05, 3.63) is 54.1 Å². The fourth-order valence-electron chi connectivity index (χ4n) is 6.25. The van der Waals surface area contributed by atoms with E-state index in [0.29, 0.717) is 38.1 Å². The number of rotatable bonds is 8. The minimum Gasteiger partial charge on any atom is -0.481 e. The van der Waals surface area contributed by atoms with Crippen molar-refractivity contribution in [2.24, 2.45) is 13.0 Å². The number of amides is 1. The summed E-state index contributed by atoms with van der Waals surface area (Å²) in [5, 5.41) is 9.86. The zero-order chi connectivity index (χ0) is 28.4. The Morgan fingerprint density at radius 3 is 2.38 bits per heavy atom. The van der Waals surface area contributed by atoms with Gasteiger partial charge >= 0.3 is 5.97 Å². The first-order valence-electron chi connectivity index (χ1n) is 14.4. The number of nitrogens with zero attached hydrogens (tertiary/aromatic N) is 2. The number of hydrogen-bond acceptors (Lipinski definition) is 4. The molecule has 1 aliphatic carbocycles. The van der Waals surface area contributed by atoms with Crippen molar-refractivity contribution in [2.45, 2.75) is 81.7 Å². The molecule has 1 unspecified atom stereocenters. The topological polar surface area (TPSA) is 109 Å². The number of carbonyl (C=O) groups is 2. The summed E-state index contributed by atoms with van der Waals surface area (Å²) < 4.78 is 31.6. The molecule has 3 aromatic rings. The van der Waals surface area contributed by atoms with Crippen LogP contribution >= 0.6 is 0 Å². The van der Waals surface area contributed by atoms with E-state index in [1.54, 1.807) is 12.1 Å². The van der Waals surface area contributed by atoms with Gasteiger partial charge in [-0.2, -0.15) is 0 Å². The maximum atomic E-state index is 13.3. The largest absolute Gasteiger partial charge is 0.481 e. The Morgan fingerprint density at radius 2 is 1.70 bits per heavy atom. The highest BCUT2D eigenvalue weighted by Gasteiger charge is 2.33. The van der Waals surface area contributed by atoms with E-state index in [0.717, 1.165) is 47.1 Å². The number of nitrogens with one attached hydrogen (secondary N) is 1. The Kier molecular flexibility index (Phi) is 8.33. The van der Waals surface area contributed by atoms with E-state index >= 15 is 0 Å². The molecule has 1 atom stereocenters. The second kappa shape index (κ2) is 11.7. The zero-order valence-electron chi connectivity index (χ0n) is 23.3. The van der Waals surface area contributed by atoms with E-state index in [-0.39, 0.29) is 29.2 Å². The van der Waals surface area contributed by atoms with Crippen molar-refractivity contribution in [3.63, 3.8) is 0 Å². The maximum absolute atomic E-state index is 13.3. The van der Waals surface area contributed by atoms with Gasteiger partial charge in [-0.1, -0.05) is 30.3 Å². The molecule has 0 bridgehead atoms. The Labute approximate surface area is 236 Å². The van der Waals surface area contributed by atoms with E-state index in [4.69, 9.17) is 5.11 Å². The summed E-state index contributed by atoms with van der Waals surface area (Å²) in [5.74, 6) is -0.581. The minimum absolute atomic E-state index is 0.00863. The highest BCUT2D eigenvalue weighted by Crippen LogP contribution is 2.32. The molecule has 40 heavy (non-hydrogen) atoms. The maximum Gasteiger partial charge on any atom is 0.303 e. The highest BCUT2D eigenvalue weighted by atomic mass is 32.2. The van der Waals surface area contributed by atoms with Crippen LogP contribution in [0.15, 0.2) is 53.4 Å². The molecule has 1 saturated heterocycles. The van der Waals surface area contributed by atoms with Gasteiger partial charge in [-0.15, -0.1) is 0 Å². The van der Waals surface area contributed by atoms with Crippen LogP contribution in [0.1, 0.15) is 63.9 Å². The molecule has 0 radical (unpaired) electrons. The summed E-state index contributed by atoms with van der Waals surface area (Å²) in [7, 11) is -1.80. The molecular formula is C31H39N3O5S. The van der Waals surface area contributed by atoms with Crippen LogP contribution in [0.3, 0.4) is 0 Å².